The number of hydrogen-bond acceptors (Lipinski definition) is 2. The summed E-state index contributed by atoms with van der Waals surface area (Å²) in [7, 11) is 0. The van der Waals surface area contributed by atoms with Crippen LogP contribution in [-0.2, 0) is 4.79 Å². The third-order valence-electron chi connectivity index (χ3n) is 1.86. The SMILES string of the molecule is Cc1cc(NCCC(N)=O)ccc1Br. The Bertz CT molecular complexity index is 339. The molecule has 0 saturated carbocycles. The number of benzene rings is 1. The van der Waals surface area contributed by atoms with Gasteiger partial charge < -0.3 is 11.1 Å². The average Bonchev–Trinajstić information content (AvgIpc) is 2.10. The van der Waals surface area contributed by atoms with Gasteiger partial charge in [0.1, 0.15) is 0 Å². The first-order valence-electron chi connectivity index (χ1n) is 4.38. The summed E-state index contributed by atoms with van der Waals surface area (Å²) in [4.78, 5) is 10.5. The van der Waals surface area contributed by atoms with Gasteiger partial charge >= 0.3 is 0 Å². The highest BCUT2D eigenvalue weighted by Crippen LogP contribution is 2.19. The van der Waals surface area contributed by atoms with E-state index in [1.54, 1.807) is 0 Å². The first-order valence-corrected chi connectivity index (χ1v) is 5.17. The van der Waals surface area contributed by atoms with Gasteiger partial charge in [0, 0.05) is 23.1 Å². The van der Waals surface area contributed by atoms with E-state index in [9.17, 15) is 4.79 Å². The number of primary amides is 1. The lowest BCUT2D eigenvalue weighted by Crippen LogP contribution is -2.15. The van der Waals surface area contributed by atoms with E-state index in [1.807, 2.05) is 25.1 Å². The Balaban J connectivity index is 2.51. The highest BCUT2D eigenvalue weighted by molar-refractivity contribution is 9.10. The maximum atomic E-state index is 10.5. The molecule has 4 heteroatoms. The van der Waals surface area contributed by atoms with Gasteiger partial charge in [-0.05, 0) is 30.7 Å². The Morgan fingerprint density at radius 3 is 2.86 bits per heavy atom. The number of nitrogens with one attached hydrogen (secondary N) is 1. The summed E-state index contributed by atoms with van der Waals surface area (Å²) in [6, 6.07) is 5.95. The molecule has 0 aliphatic rings. The number of nitrogens with two attached hydrogens (primary N) is 1. The molecule has 0 aliphatic carbocycles. The van der Waals surface area contributed by atoms with Gasteiger partial charge in [-0.1, -0.05) is 15.9 Å². The summed E-state index contributed by atoms with van der Waals surface area (Å²) in [5.74, 6) is -0.286. The molecule has 1 rings (SSSR count). The molecular weight excluding hydrogens is 244 g/mol. The van der Waals surface area contributed by atoms with Gasteiger partial charge in [0.25, 0.3) is 0 Å². The molecule has 0 heterocycles. The van der Waals surface area contributed by atoms with Crippen LogP contribution in [0.4, 0.5) is 5.69 Å². The van der Waals surface area contributed by atoms with Crippen molar-refractivity contribution in [1.29, 1.82) is 0 Å². The van der Waals surface area contributed by atoms with Gasteiger partial charge in [-0.25, -0.2) is 0 Å². The number of carbonyl (C=O) groups excluding carboxylic acids is 1. The van der Waals surface area contributed by atoms with Crippen LogP contribution in [0.2, 0.25) is 0 Å². The second-order valence-electron chi connectivity index (χ2n) is 3.11. The maximum Gasteiger partial charge on any atom is 0.219 e. The van der Waals surface area contributed by atoms with Crippen LogP contribution in [0.1, 0.15) is 12.0 Å². The number of aryl methyl sites for hydroxylation is 1. The van der Waals surface area contributed by atoms with Crippen LogP contribution in [0.15, 0.2) is 22.7 Å². The third-order valence-corrected chi connectivity index (χ3v) is 2.75. The van der Waals surface area contributed by atoms with Crippen molar-refractivity contribution in [3.05, 3.63) is 28.2 Å². The Kier molecular flexibility index (Phi) is 3.95. The summed E-state index contributed by atoms with van der Waals surface area (Å²) in [5.41, 5.74) is 7.19. The second kappa shape index (κ2) is 5.00. The van der Waals surface area contributed by atoms with E-state index in [-0.39, 0.29) is 5.91 Å². The summed E-state index contributed by atoms with van der Waals surface area (Å²) in [6.07, 6.45) is 0.356. The lowest BCUT2D eigenvalue weighted by Gasteiger charge is -2.06. The lowest BCUT2D eigenvalue weighted by atomic mass is 10.2. The summed E-state index contributed by atoms with van der Waals surface area (Å²) >= 11 is 3.42. The molecule has 0 atom stereocenters. The molecular formula is C10H13BrN2O. The Labute approximate surface area is 91.8 Å². The van der Waals surface area contributed by atoms with E-state index in [1.165, 1.54) is 0 Å². The van der Waals surface area contributed by atoms with Crippen LogP contribution in [0.5, 0.6) is 0 Å². The molecule has 0 bridgehead atoms. The van der Waals surface area contributed by atoms with Crippen LogP contribution >= 0.6 is 15.9 Å². The number of carbonyl (C=O) groups is 1. The first kappa shape index (κ1) is 11.0. The molecule has 3 nitrogen and oxygen atoms in total. The number of amides is 1. The third kappa shape index (κ3) is 3.38. The van der Waals surface area contributed by atoms with Crippen molar-refractivity contribution in [2.75, 3.05) is 11.9 Å². The molecule has 0 spiro atoms. The molecule has 1 aromatic carbocycles. The highest BCUT2D eigenvalue weighted by atomic mass is 79.9. The van der Waals surface area contributed by atoms with E-state index >= 15 is 0 Å². The van der Waals surface area contributed by atoms with Gasteiger partial charge in [0.15, 0.2) is 0 Å². The zero-order valence-electron chi connectivity index (χ0n) is 8.01. The lowest BCUT2D eigenvalue weighted by molar-refractivity contribution is -0.117. The van der Waals surface area contributed by atoms with Crippen molar-refractivity contribution in [1.82, 2.24) is 0 Å². The van der Waals surface area contributed by atoms with Crippen molar-refractivity contribution in [3.8, 4) is 0 Å². The normalized spacial score (nSPS) is 9.86. The molecule has 1 aromatic rings. The van der Waals surface area contributed by atoms with E-state index in [4.69, 9.17) is 5.73 Å². The first-order chi connectivity index (χ1) is 6.59. The fraction of sp³-hybridized carbons (Fsp3) is 0.300. The maximum absolute atomic E-state index is 10.5. The fourth-order valence-corrected chi connectivity index (χ4v) is 1.33. The highest BCUT2D eigenvalue weighted by Gasteiger charge is 1.97. The minimum atomic E-state index is -0.286. The van der Waals surface area contributed by atoms with E-state index in [2.05, 4.69) is 21.2 Å². The fourth-order valence-electron chi connectivity index (χ4n) is 1.08. The minimum absolute atomic E-state index is 0.286. The Morgan fingerprint density at radius 1 is 1.57 bits per heavy atom. The second-order valence-corrected chi connectivity index (χ2v) is 3.96. The van der Waals surface area contributed by atoms with Crippen molar-refractivity contribution < 1.29 is 4.79 Å². The summed E-state index contributed by atoms with van der Waals surface area (Å²) in [6.45, 7) is 2.60. The molecule has 0 radical (unpaired) electrons. The predicted molar refractivity (Wildman–Crippen MR) is 61.2 cm³/mol. The topological polar surface area (TPSA) is 55.1 Å². The summed E-state index contributed by atoms with van der Waals surface area (Å²) in [5, 5.41) is 3.12. The van der Waals surface area contributed by atoms with Crippen molar-refractivity contribution in [2.24, 2.45) is 5.73 Å². The molecule has 0 aromatic heterocycles. The minimum Gasteiger partial charge on any atom is -0.385 e. The zero-order valence-corrected chi connectivity index (χ0v) is 9.60. The zero-order chi connectivity index (χ0) is 10.6. The van der Waals surface area contributed by atoms with Crippen LogP contribution in [-0.4, -0.2) is 12.5 Å². The standard InChI is InChI=1S/C10H13BrN2O/c1-7-6-8(2-3-9(7)11)13-5-4-10(12)14/h2-3,6,13H,4-5H2,1H3,(H2,12,14). The van der Waals surface area contributed by atoms with E-state index < -0.39 is 0 Å². The smallest absolute Gasteiger partial charge is 0.219 e. The number of rotatable bonds is 4. The number of hydrogen-bond donors (Lipinski definition) is 2. The Hall–Kier alpha value is -1.03. The molecule has 0 unspecified atom stereocenters. The van der Waals surface area contributed by atoms with Crippen LogP contribution < -0.4 is 11.1 Å². The summed E-state index contributed by atoms with van der Waals surface area (Å²) < 4.78 is 1.08. The molecule has 0 saturated heterocycles. The molecule has 76 valence electrons. The van der Waals surface area contributed by atoms with Crippen LogP contribution in [0.25, 0.3) is 0 Å². The molecule has 1 amide bonds. The molecule has 3 N–H and O–H groups in total. The predicted octanol–water partition coefficient (Wildman–Crippen LogP) is 2.04. The van der Waals surface area contributed by atoms with Crippen LogP contribution in [0, 0.1) is 6.92 Å². The quantitative estimate of drug-likeness (QED) is 0.867. The number of anilines is 1. The van der Waals surface area contributed by atoms with Crippen LogP contribution in [0.3, 0.4) is 0 Å². The van der Waals surface area contributed by atoms with Crippen molar-refractivity contribution >= 4 is 27.5 Å². The van der Waals surface area contributed by atoms with Crippen molar-refractivity contribution in [3.63, 3.8) is 0 Å². The van der Waals surface area contributed by atoms with Gasteiger partial charge in [0.2, 0.25) is 5.91 Å². The van der Waals surface area contributed by atoms with Gasteiger partial charge in [-0.15, -0.1) is 0 Å². The average molecular weight is 257 g/mol. The van der Waals surface area contributed by atoms with Gasteiger partial charge in [-0.2, -0.15) is 0 Å². The van der Waals surface area contributed by atoms with E-state index in [0.29, 0.717) is 13.0 Å². The largest absolute Gasteiger partial charge is 0.385 e. The Morgan fingerprint density at radius 2 is 2.29 bits per heavy atom. The molecule has 14 heavy (non-hydrogen) atoms. The monoisotopic (exact) mass is 256 g/mol. The molecule has 0 fully saturated rings. The molecule has 0 aliphatic heterocycles. The van der Waals surface area contributed by atoms with E-state index in [0.717, 1.165) is 15.7 Å². The number of halogens is 1. The van der Waals surface area contributed by atoms with Gasteiger partial charge in [-0.3, -0.25) is 4.79 Å². The van der Waals surface area contributed by atoms with Crippen molar-refractivity contribution in [2.45, 2.75) is 13.3 Å². The van der Waals surface area contributed by atoms with Gasteiger partial charge in [0.05, 0.1) is 0 Å².